The lowest BCUT2D eigenvalue weighted by Crippen LogP contribution is -2.43. The van der Waals surface area contributed by atoms with Gasteiger partial charge in [0.05, 0.1) is 0 Å². The van der Waals surface area contributed by atoms with Crippen LogP contribution in [-0.4, -0.2) is 39.8 Å². The van der Waals surface area contributed by atoms with Gasteiger partial charge in [0.2, 0.25) is 5.89 Å². The van der Waals surface area contributed by atoms with Crippen LogP contribution >= 0.6 is 0 Å². The summed E-state index contributed by atoms with van der Waals surface area (Å²) in [6.07, 6.45) is 2.54. The van der Waals surface area contributed by atoms with E-state index in [9.17, 15) is 4.79 Å². The molecule has 0 N–H and O–H groups in total. The van der Waals surface area contributed by atoms with Crippen LogP contribution in [0.15, 0.2) is 4.52 Å². The van der Waals surface area contributed by atoms with Gasteiger partial charge in [0, 0.05) is 19.5 Å². The first-order valence-electron chi connectivity index (χ1n) is 7.10. The molecule has 1 fully saturated rings. The summed E-state index contributed by atoms with van der Waals surface area (Å²) in [6.45, 7) is 8.90. The topological polar surface area (TPSA) is 68.5 Å². The molecule has 6 nitrogen and oxygen atoms in total. The minimum absolute atomic E-state index is 0.232. The molecule has 6 heteroatoms. The maximum atomic E-state index is 12.1. The van der Waals surface area contributed by atoms with Crippen molar-refractivity contribution < 1.29 is 14.1 Å². The van der Waals surface area contributed by atoms with Crippen LogP contribution in [0.5, 0.6) is 0 Å². The predicted octanol–water partition coefficient (Wildman–Crippen LogP) is 2.57. The molecule has 112 valence electrons. The van der Waals surface area contributed by atoms with Crippen LogP contribution < -0.4 is 0 Å². The molecule has 2 rings (SSSR count). The van der Waals surface area contributed by atoms with Crippen LogP contribution in [-0.2, 0) is 11.2 Å². The van der Waals surface area contributed by atoms with E-state index in [-0.39, 0.29) is 6.09 Å². The number of likely N-dealkylation sites (tertiary alicyclic amines) is 1. The number of hydrogen-bond acceptors (Lipinski definition) is 5. The standard InChI is InChI=1S/C14H23N3O3/c1-10-15-12(20-16-10)8-11-6-5-7-17(9-11)13(18)19-14(2,3)4/h11H,5-9H2,1-4H3. The third-order valence-corrected chi connectivity index (χ3v) is 3.20. The zero-order chi connectivity index (χ0) is 14.8. The highest BCUT2D eigenvalue weighted by atomic mass is 16.6. The fraction of sp³-hybridized carbons (Fsp3) is 0.786. The summed E-state index contributed by atoms with van der Waals surface area (Å²) >= 11 is 0. The van der Waals surface area contributed by atoms with E-state index in [0.29, 0.717) is 24.2 Å². The quantitative estimate of drug-likeness (QED) is 0.833. The highest BCUT2D eigenvalue weighted by molar-refractivity contribution is 5.68. The number of amides is 1. The Morgan fingerprint density at radius 1 is 1.50 bits per heavy atom. The maximum absolute atomic E-state index is 12.1. The van der Waals surface area contributed by atoms with Gasteiger partial charge in [-0.2, -0.15) is 4.98 Å². The molecule has 1 aliphatic heterocycles. The van der Waals surface area contributed by atoms with E-state index in [1.165, 1.54) is 0 Å². The van der Waals surface area contributed by atoms with E-state index >= 15 is 0 Å². The number of nitrogens with zero attached hydrogens (tertiary/aromatic N) is 3. The Hall–Kier alpha value is -1.59. The van der Waals surface area contributed by atoms with Gasteiger partial charge in [-0.05, 0) is 46.5 Å². The highest BCUT2D eigenvalue weighted by Crippen LogP contribution is 2.22. The van der Waals surface area contributed by atoms with Gasteiger partial charge in [0.25, 0.3) is 0 Å². The lowest BCUT2D eigenvalue weighted by molar-refractivity contribution is 0.0162. The van der Waals surface area contributed by atoms with Crippen molar-refractivity contribution in [2.75, 3.05) is 13.1 Å². The molecule has 2 heterocycles. The van der Waals surface area contributed by atoms with Gasteiger partial charge in [0.15, 0.2) is 5.82 Å². The monoisotopic (exact) mass is 281 g/mol. The molecule has 20 heavy (non-hydrogen) atoms. The van der Waals surface area contributed by atoms with E-state index in [4.69, 9.17) is 9.26 Å². The Labute approximate surface area is 119 Å². The number of aryl methyl sites for hydroxylation is 1. The lowest BCUT2D eigenvalue weighted by Gasteiger charge is -2.33. The molecule has 0 radical (unpaired) electrons. The molecule has 1 unspecified atom stereocenters. The van der Waals surface area contributed by atoms with Crippen molar-refractivity contribution in [1.82, 2.24) is 15.0 Å². The minimum atomic E-state index is -0.451. The fourth-order valence-corrected chi connectivity index (χ4v) is 2.39. The van der Waals surface area contributed by atoms with Gasteiger partial charge < -0.3 is 14.2 Å². The number of rotatable bonds is 2. The van der Waals surface area contributed by atoms with Crippen molar-refractivity contribution >= 4 is 6.09 Å². The molecule has 1 amide bonds. The third-order valence-electron chi connectivity index (χ3n) is 3.20. The Bertz CT molecular complexity index is 464. The van der Waals surface area contributed by atoms with Gasteiger partial charge in [0.1, 0.15) is 5.60 Å². The minimum Gasteiger partial charge on any atom is -0.444 e. The Morgan fingerprint density at radius 2 is 2.25 bits per heavy atom. The van der Waals surface area contributed by atoms with Gasteiger partial charge in [-0.1, -0.05) is 5.16 Å². The normalized spacial score (nSPS) is 20.0. The molecule has 1 saturated heterocycles. The molecule has 0 bridgehead atoms. The van der Waals surface area contributed by atoms with Crippen LogP contribution in [0.2, 0.25) is 0 Å². The number of ether oxygens (including phenoxy) is 1. The van der Waals surface area contributed by atoms with Crippen molar-refractivity contribution in [3.8, 4) is 0 Å². The number of aromatic nitrogens is 2. The van der Waals surface area contributed by atoms with Crippen LogP contribution in [0.3, 0.4) is 0 Å². The van der Waals surface area contributed by atoms with E-state index < -0.39 is 5.60 Å². The third kappa shape index (κ3) is 4.21. The zero-order valence-electron chi connectivity index (χ0n) is 12.7. The Morgan fingerprint density at radius 3 is 2.85 bits per heavy atom. The molecule has 0 saturated carbocycles. The summed E-state index contributed by atoms with van der Waals surface area (Å²) in [7, 11) is 0. The Kier molecular flexibility index (Phi) is 4.30. The number of carbonyl (C=O) groups excluding carboxylic acids is 1. The average Bonchev–Trinajstić information content (AvgIpc) is 2.73. The fourth-order valence-electron chi connectivity index (χ4n) is 2.39. The van der Waals surface area contributed by atoms with Gasteiger partial charge in [-0.25, -0.2) is 4.79 Å². The van der Waals surface area contributed by atoms with Crippen molar-refractivity contribution in [2.45, 2.75) is 52.6 Å². The van der Waals surface area contributed by atoms with E-state index in [2.05, 4.69) is 10.1 Å². The smallest absolute Gasteiger partial charge is 0.410 e. The highest BCUT2D eigenvalue weighted by Gasteiger charge is 2.28. The summed E-state index contributed by atoms with van der Waals surface area (Å²) in [4.78, 5) is 18.1. The van der Waals surface area contributed by atoms with Crippen molar-refractivity contribution in [3.63, 3.8) is 0 Å². The second-order valence-corrected chi connectivity index (χ2v) is 6.37. The van der Waals surface area contributed by atoms with Crippen molar-refractivity contribution in [1.29, 1.82) is 0 Å². The molecule has 0 aliphatic carbocycles. The van der Waals surface area contributed by atoms with E-state index in [1.54, 1.807) is 11.8 Å². The summed E-state index contributed by atoms with van der Waals surface area (Å²) in [6, 6.07) is 0. The first kappa shape index (κ1) is 14.8. The first-order chi connectivity index (χ1) is 9.33. The summed E-state index contributed by atoms with van der Waals surface area (Å²) < 4.78 is 10.6. The van der Waals surface area contributed by atoms with Gasteiger partial charge >= 0.3 is 6.09 Å². The number of piperidine rings is 1. The molecule has 1 aliphatic rings. The van der Waals surface area contributed by atoms with Gasteiger partial charge in [-0.15, -0.1) is 0 Å². The largest absolute Gasteiger partial charge is 0.444 e. The van der Waals surface area contributed by atoms with Crippen LogP contribution in [0.1, 0.15) is 45.3 Å². The predicted molar refractivity (Wildman–Crippen MR) is 73.3 cm³/mol. The second kappa shape index (κ2) is 5.81. The second-order valence-electron chi connectivity index (χ2n) is 6.37. The average molecular weight is 281 g/mol. The van der Waals surface area contributed by atoms with E-state index in [1.807, 2.05) is 20.8 Å². The number of hydrogen-bond donors (Lipinski definition) is 0. The summed E-state index contributed by atoms with van der Waals surface area (Å²) in [5, 5.41) is 3.79. The van der Waals surface area contributed by atoms with Crippen molar-refractivity contribution in [3.05, 3.63) is 11.7 Å². The lowest BCUT2D eigenvalue weighted by atomic mass is 9.95. The molecular weight excluding hydrogens is 258 g/mol. The van der Waals surface area contributed by atoms with Crippen LogP contribution in [0.4, 0.5) is 4.79 Å². The van der Waals surface area contributed by atoms with Gasteiger partial charge in [-0.3, -0.25) is 0 Å². The maximum Gasteiger partial charge on any atom is 0.410 e. The number of carbonyl (C=O) groups is 1. The molecule has 1 atom stereocenters. The van der Waals surface area contributed by atoms with Crippen molar-refractivity contribution in [2.24, 2.45) is 5.92 Å². The van der Waals surface area contributed by atoms with Crippen LogP contribution in [0, 0.1) is 12.8 Å². The summed E-state index contributed by atoms with van der Waals surface area (Å²) in [5.74, 6) is 1.66. The Balaban J connectivity index is 1.90. The molecular formula is C14H23N3O3. The molecule has 1 aromatic rings. The SMILES string of the molecule is Cc1noc(CC2CCCN(C(=O)OC(C)(C)C)C2)n1. The molecule has 0 aromatic carbocycles. The zero-order valence-corrected chi connectivity index (χ0v) is 12.7. The first-order valence-corrected chi connectivity index (χ1v) is 7.10. The molecule has 0 spiro atoms. The van der Waals surface area contributed by atoms with E-state index in [0.717, 1.165) is 25.8 Å². The summed E-state index contributed by atoms with van der Waals surface area (Å²) in [5.41, 5.74) is -0.451. The van der Waals surface area contributed by atoms with Crippen LogP contribution in [0.25, 0.3) is 0 Å². The molecule has 1 aromatic heterocycles.